The lowest BCUT2D eigenvalue weighted by Crippen LogP contribution is -2.15. The average Bonchev–Trinajstić information content (AvgIpc) is 2.50. The summed E-state index contributed by atoms with van der Waals surface area (Å²) in [7, 11) is 2.02. The summed E-state index contributed by atoms with van der Waals surface area (Å²) in [6.07, 6.45) is 1.37. The number of nitrogens with one attached hydrogen (secondary N) is 2. The highest BCUT2D eigenvalue weighted by molar-refractivity contribution is 5.23. The van der Waals surface area contributed by atoms with Gasteiger partial charge in [-0.05, 0) is 25.9 Å². The lowest BCUT2D eigenvalue weighted by atomic mass is 10.2. The zero-order valence-electron chi connectivity index (χ0n) is 5.15. The monoisotopic (exact) mass is 112 g/mol. The van der Waals surface area contributed by atoms with Crippen molar-refractivity contribution >= 4 is 0 Å². The van der Waals surface area contributed by atoms with Crippen LogP contribution in [-0.2, 0) is 0 Å². The molecule has 2 nitrogen and oxygen atoms in total. The van der Waals surface area contributed by atoms with Crippen molar-refractivity contribution in [1.29, 1.82) is 0 Å². The predicted octanol–water partition coefficient (Wildman–Crippen LogP) is -0.434. The third kappa shape index (κ3) is 0.565. The van der Waals surface area contributed by atoms with Crippen LogP contribution in [-0.4, -0.2) is 25.7 Å². The number of hydrogen-bond donors (Lipinski definition) is 2. The van der Waals surface area contributed by atoms with Crippen LogP contribution in [0.2, 0.25) is 0 Å². The van der Waals surface area contributed by atoms with Crippen molar-refractivity contribution in [1.82, 2.24) is 10.6 Å². The summed E-state index contributed by atoms with van der Waals surface area (Å²) in [6.45, 7) is 1.19. The van der Waals surface area contributed by atoms with Gasteiger partial charge in [0, 0.05) is 12.1 Å². The van der Waals surface area contributed by atoms with Crippen molar-refractivity contribution in [2.75, 3.05) is 13.6 Å². The molecule has 1 saturated carbocycles. The lowest BCUT2D eigenvalue weighted by Gasteiger charge is -2.00. The van der Waals surface area contributed by atoms with Gasteiger partial charge in [-0.3, -0.25) is 0 Å². The Bertz CT molecular complexity index is 94.7. The highest BCUT2D eigenvalue weighted by atomic mass is 15.3. The van der Waals surface area contributed by atoms with Crippen LogP contribution in [0.15, 0.2) is 0 Å². The Morgan fingerprint density at radius 3 is 2.62 bits per heavy atom. The second-order valence-electron chi connectivity index (χ2n) is 2.77. The first-order valence-corrected chi connectivity index (χ1v) is 3.34. The predicted molar refractivity (Wildman–Crippen MR) is 32.7 cm³/mol. The van der Waals surface area contributed by atoms with Gasteiger partial charge in [0.25, 0.3) is 0 Å². The van der Waals surface area contributed by atoms with E-state index in [0.29, 0.717) is 0 Å². The van der Waals surface area contributed by atoms with E-state index >= 15 is 0 Å². The van der Waals surface area contributed by atoms with Crippen molar-refractivity contribution in [3.63, 3.8) is 0 Å². The molecule has 46 valence electrons. The zero-order valence-corrected chi connectivity index (χ0v) is 5.15. The minimum absolute atomic E-state index is 0.948. The Labute approximate surface area is 49.7 Å². The van der Waals surface area contributed by atoms with Crippen LogP contribution < -0.4 is 10.6 Å². The van der Waals surface area contributed by atoms with Crippen LogP contribution in [0.3, 0.4) is 0 Å². The molecule has 2 rings (SSSR count). The molecule has 0 radical (unpaired) electrons. The molecule has 2 unspecified atom stereocenters. The standard InChI is InChI=1S/C6H12N2/c1-7-3-2-4-5-6(4)8-5/h4-8H,2-3H2,1H3. The van der Waals surface area contributed by atoms with Gasteiger partial charge >= 0.3 is 0 Å². The van der Waals surface area contributed by atoms with Crippen molar-refractivity contribution in [2.24, 2.45) is 5.92 Å². The first-order valence-electron chi connectivity index (χ1n) is 3.34. The molecule has 0 aromatic carbocycles. The fourth-order valence-corrected chi connectivity index (χ4v) is 1.34. The molecular weight excluding hydrogens is 100 g/mol. The van der Waals surface area contributed by atoms with Crippen LogP contribution in [0.1, 0.15) is 6.42 Å². The minimum atomic E-state index is 0.948. The molecule has 1 aliphatic heterocycles. The number of rotatable bonds is 3. The fourth-order valence-electron chi connectivity index (χ4n) is 1.34. The molecule has 0 aromatic rings. The Morgan fingerprint density at radius 1 is 1.50 bits per heavy atom. The third-order valence-electron chi connectivity index (χ3n) is 2.17. The van der Waals surface area contributed by atoms with Crippen LogP contribution in [0.4, 0.5) is 0 Å². The molecular formula is C6H12N2. The second kappa shape index (κ2) is 1.45. The SMILES string of the molecule is CNCCC1C2NC12. The molecule has 2 aliphatic rings. The summed E-state index contributed by atoms with van der Waals surface area (Å²) >= 11 is 0. The smallest absolute Gasteiger partial charge is 0.0272 e. The van der Waals surface area contributed by atoms with Crippen LogP contribution >= 0.6 is 0 Å². The molecule has 0 bridgehead atoms. The van der Waals surface area contributed by atoms with E-state index in [9.17, 15) is 0 Å². The third-order valence-corrected chi connectivity index (χ3v) is 2.17. The van der Waals surface area contributed by atoms with E-state index in [0.717, 1.165) is 18.0 Å². The summed E-state index contributed by atoms with van der Waals surface area (Å²) in [4.78, 5) is 0. The summed E-state index contributed by atoms with van der Waals surface area (Å²) in [6, 6.07) is 1.90. The summed E-state index contributed by atoms with van der Waals surface area (Å²) in [5.74, 6) is 1.04. The zero-order chi connectivity index (χ0) is 5.56. The van der Waals surface area contributed by atoms with Crippen LogP contribution in [0, 0.1) is 5.92 Å². The highest BCUT2D eigenvalue weighted by Crippen LogP contribution is 2.46. The maximum atomic E-state index is 3.33. The van der Waals surface area contributed by atoms with Gasteiger partial charge < -0.3 is 10.6 Å². The molecule has 0 spiro atoms. The van der Waals surface area contributed by atoms with Crippen LogP contribution in [0.5, 0.6) is 0 Å². The van der Waals surface area contributed by atoms with Gasteiger partial charge in [-0.15, -0.1) is 0 Å². The van der Waals surface area contributed by atoms with E-state index in [-0.39, 0.29) is 0 Å². The first kappa shape index (κ1) is 4.77. The van der Waals surface area contributed by atoms with E-state index < -0.39 is 0 Å². The topological polar surface area (TPSA) is 34.0 Å². The van der Waals surface area contributed by atoms with Gasteiger partial charge in [0.1, 0.15) is 0 Å². The fraction of sp³-hybridized carbons (Fsp3) is 1.00. The molecule has 2 heteroatoms. The van der Waals surface area contributed by atoms with Gasteiger partial charge in [-0.25, -0.2) is 0 Å². The van der Waals surface area contributed by atoms with Crippen molar-refractivity contribution in [2.45, 2.75) is 18.5 Å². The second-order valence-corrected chi connectivity index (χ2v) is 2.77. The lowest BCUT2D eigenvalue weighted by molar-refractivity contribution is 0.560. The minimum Gasteiger partial charge on any atom is -0.320 e. The summed E-state index contributed by atoms with van der Waals surface area (Å²) in [5, 5.41) is 6.48. The van der Waals surface area contributed by atoms with E-state index in [1.807, 2.05) is 7.05 Å². The van der Waals surface area contributed by atoms with Gasteiger partial charge in [-0.2, -0.15) is 0 Å². The Balaban J connectivity index is 1.59. The van der Waals surface area contributed by atoms with Crippen LogP contribution in [0.25, 0.3) is 0 Å². The van der Waals surface area contributed by atoms with Crippen molar-refractivity contribution in [3.05, 3.63) is 0 Å². The highest BCUT2D eigenvalue weighted by Gasteiger charge is 2.63. The first-order chi connectivity index (χ1) is 3.93. The Hall–Kier alpha value is -0.0800. The molecule has 1 saturated heterocycles. The normalized spacial score (nSPS) is 48.4. The summed E-state index contributed by atoms with van der Waals surface area (Å²) in [5.41, 5.74) is 0. The number of hydrogen-bond acceptors (Lipinski definition) is 2. The molecule has 2 atom stereocenters. The van der Waals surface area contributed by atoms with Crippen molar-refractivity contribution in [3.8, 4) is 0 Å². The largest absolute Gasteiger partial charge is 0.320 e. The van der Waals surface area contributed by atoms with Crippen molar-refractivity contribution < 1.29 is 0 Å². The molecule has 8 heavy (non-hydrogen) atoms. The van der Waals surface area contributed by atoms with E-state index in [2.05, 4.69) is 10.6 Å². The average molecular weight is 112 g/mol. The Morgan fingerprint density at radius 2 is 2.25 bits per heavy atom. The van der Waals surface area contributed by atoms with Gasteiger partial charge in [0.15, 0.2) is 0 Å². The molecule has 0 amide bonds. The molecule has 1 aliphatic carbocycles. The Kier molecular flexibility index (Phi) is 0.866. The van der Waals surface area contributed by atoms with E-state index in [4.69, 9.17) is 0 Å². The van der Waals surface area contributed by atoms with Gasteiger partial charge in [-0.1, -0.05) is 0 Å². The molecule has 2 fully saturated rings. The maximum absolute atomic E-state index is 3.33. The van der Waals surface area contributed by atoms with E-state index in [1.54, 1.807) is 0 Å². The molecule has 0 aromatic heterocycles. The van der Waals surface area contributed by atoms with Gasteiger partial charge in [0.05, 0.1) is 0 Å². The summed E-state index contributed by atoms with van der Waals surface area (Å²) < 4.78 is 0. The number of fused-ring (bicyclic) bond motifs is 1. The van der Waals surface area contributed by atoms with Gasteiger partial charge in [0.2, 0.25) is 0 Å². The van der Waals surface area contributed by atoms with E-state index in [1.165, 1.54) is 13.0 Å². The quantitative estimate of drug-likeness (QED) is 0.486. The maximum Gasteiger partial charge on any atom is 0.0272 e. The molecule has 1 heterocycles. The molecule has 2 N–H and O–H groups in total.